The number of hydrogen-bond acceptors (Lipinski definition) is 2. The van der Waals surface area contributed by atoms with Crippen molar-refractivity contribution in [2.75, 3.05) is 0 Å². The number of nitrogens with one attached hydrogen (secondary N) is 1. The zero-order chi connectivity index (χ0) is 11.8. The van der Waals surface area contributed by atoms with Crippen molar-refractivity contribution in [1.29, 1.82) is 0 Å². The molecule has 0 amide bonds. The van der Waals surface area contributed by atoms with Crippen LogP contribution in [0.3, 0.4) is 0 Å². The first-order valence-corrected chi connectivity index (χ1v) is 6.41. The normalized spacial score (nSPS) is 14.8. The molecule has 3 nitrogen and oxygen atoms in total. The summed E-state index contributed by atoms with van der Waals surface area (Å²) in [4.78, 5) is 12.0. The third-order valence-electron chi connectivity index (χ3n) is 3.05. The zero-order valence-electron chi connectivity index (χ0n) is 9.16. The van der Waals surface area contributed by atoms with Gasteiger partial charge in [-0.15, -0.1) is 0 Å². The van der Waals surface area contributed by atoms with Gasteiger partial charge < -0.3 is 0 Å². The van der Waals surface area contributed by atoms with Crippen LogP contribution >= 0.6 is 15.9 Å². The minimum absolute atomic E-state index is 0.204. The zero-order valence-corrected chi connectivity index (χ0v) is 10.8. The number of hydrogen-bond donors (Lipinski definition) is 1. The number of carbonyl (C=O) groups is 1. The van der Waals surface area contributed by atoms with E-state index in [4.69, 9.17) is 0 Å². The Hall–Kier alpha value is -1.42. The molecule has 0 unspecified atom stereocenters. The van der Waals surface area contributed by atoms with Gasteiger partial charge in [0, 0.05) is 22.2 Å². The minimum Gasteiger partial charge on any atom is -0.294 e. The quantitative estimate of drug-likeness (QED) is 0.875. The van der Waals surface area contributed by atoms with Crippen LogP contribution in [-0.2, 0) is 6.42 Å². The summed E-state index contributed by atoms with van der Waals surface area (Å²) in [5.74, 6) is 0.204. The van der Waals surface area contributed by atoms with Gasteiger partial charge >= 0.3 is 0 Å². The summed E-state index contributed by atoms with van der Waals surface area (Å²) in [6.45, 7) is 0. The molecule has 1 N–H and O–H groups in total. The van der Waals surface area contributed by atoms with Gasteiger partial charge in [0.1, 0.15) is 5.69 Å². The number of aromatic amines is 1. The highest BCUT2D eigenvalue weighted by Crippen LogP contribution is 2.30. The van der Waals surface area contributed by atoms with Crippen molar-refractivity contribution >= 4 is 21.7 Å². The van der Waals surface area contributed by atoms with E-state index in [0.29, 0.717) is 6.42 Å². The minimum atomic E-state index is 0.204. The molecule has 0 atom stereocenters. The Morgan fingerprint density at radius 3 is 3.00 bits per heavy atom. The maximum absolute atomic E-state index is 12.0. The third kappa shape index (κ3) is 1.82. The Labute approximate surface area is 107 Å². The average molecular weight is 291 g/mol. The van der Waals surface area contributed by atoms with Crippen LogP contribution in [-0.4, -0.2) is 16.0 Å². The van der Waals surface area contributed by atoms with Crippen molar-refractivity contribution in [3.05, 3.63) is 40.0 Å². The van der Waals surface area contributed by atoms with Gasteiger partial charge in [-0.05, 0) is 25.0 Å². The Kier molecular flexibility index (Phi) is 2.59. The summed E-state index contributed by atoms with van der Waals surface area (Å²) in [5, 5.41) is 7.28. The van der Waals surface area contributed by atoms with Crippen molar-refractivity contribution in [3.63, 3.8) is 0 Å². The molecule has 4 heteroatoms. The summed E-state index contributed by atoms with van der Waals surface area (Å²) in [5.41, 5.74) is 3.53. The first kappa shape index (κ1) is 10.7. The van der Waals surface area contributed by atoms with E-state index in [1.165, 1.54) is 0 Å². The Morgan fingerprint density at radius 2 is 2.18 bits per heavy atom. The van der Waals surface area contributed by atoms with Crippen molar-refractivity contribution in [2.45, 2.75) is 19.3 Å². The van der Waals surface area contributed by atoms with Crippen LogP contribution in [0.1, 0.15) is 28.9 Å². The van der Waals surface area contributed by atoms with Crippen LogP contribution < -0.4 is 0 Å². The lowest BCUT2D eigenvalue weighted by atomic mass is 9.92. The monoisotopic (exact) mass is 290 g/mol. The summed E-state index contributed by atoms with van der Waals surface area (Å²) < 4.78 is 0.995. The fraction of sp³-hybridized carbons (Fsp3) is 0.231. The Bertz CT molecular complexity index is 589. The Balaban J connectivity index is 2.16. The molecule has 1 aliphatic rings. The SMILES string of the molecule is O=C1CCCc2[nH]nc(-c3cccc(Br)c3)c21. The van der Waals surface area contributed by atoms with E-state index < -0.39 is 0 Å². The predicted octanol–water partition coefficient (Wildman–Crippen LogP) is 3.36. The lowest BCUT2D eigenvalue weighted by Gasteiger charge is -2.10. The van der Waals surface area contributed by atoms with Gasteiger partial charge in [0.05, 0.1) is 5.56 Å². The van der Waals surface area contributed by atoms with Gasteiger partial charge in [-0.1, -0.05) is 28.1 Å². The first-order valence-electron chi connectivity index (χ1n) is 5.62. The molecule has 17 heavy (non-hydrogen) atoms. The lowest BCUT2D eigenvalue weighted by molar-refractivity contribution is 0.0973. The van der Waals surface area contributed by atoms with E-state index in [2.05, 4.69) is 26.1 Å². The number of H-pyrrole nitrogens is 1. The maximum Gasteiger partial charge on any atom is 0.166 e. The molecular weight excluding hydrogens is 280 g/mol. The van der Waals surface area contributed by atoms with Crippen molar-refractivity contribution < 1.29 is 4.79 Å². The molecule has 1 aliphatic carbocycles. The maximum atomic E-state index is 12.0. The number of nitrogens with zero attached hydrogens (tertiary/aromatic N) is 1. The molecule has 3 rings (SSSR count). The molecule has 86 valence electrons. The molecule has 0 radical (unpaired) electrons. The van der Waals surface area contributed by atoms with E-state index in [-0.39, 0.29) is 5.78 Å². The third-order valence-corrected chi connectivity index (χ3v) is 3.54. The molecule has 0 spiro atoms. The number of rotatable bonds is 1. The number of carbonyl (C=O) groups excluding carboxylic acids is 1. The molecule has 2 aromatic rings. The number of fused-ring (bicyclic) bond motifs is 1. The van der Waals surface area contributed by atoms with Crippen molar-refractivity contribution in [1.82, 2.24) is 10.2 Å². The van der Waals surface area contributed by atoms with Crippen LogP contribution in [0.25, 0.3) is 11.3 Å². The number of Topliss-reactive ketones (excluding diaryl/α,β-unsaturated/α-hetero) is 1. The van der Waals surface area contributed by atoms with Crippen LogP contribution in [0.5, 0.6) is 0 Å². The van der Waals surface area contributed by atoms with Crippen LogP contribution in [0.2, 0.25) is 0 Å². The molecule has 1 aromatic carbocycles. The second-order valence-corrected chi connectivity index (χ2v) is 5.13. The first-order chi connectivity index (χ1) is 8.25. The number of ketones is 1. The molecular formula is C13H11BrN2O. The van der Waals surface area contributed by atoms with Gasteiger partial charge in [-0.25, -0.2) is 0 Å². The largest absolute Gasteiger partial charge is 0.294 e. The topological polar surface area (TPSA) is 45.8 Å². The standard InChI is InChI=1S/C13H11BrN2O/c14-9-4-1-3-8(7-9)13-12-10(15-16-13)5-2-6-11(12)17/h1,3-4,7H,2,5-6H2,(H,15,16). The van der Waals surface area contributed by atoms with Crippen molar-refractivity contribution in [3.8, 4) is 11.3 Å². The van der Waals surface area contributed by atoms with E-state index in [1.807, 2.05) is 24.3 Å². The van der Waals surface area contributed by atoms with Crippen LogP contribution in [0, 0.1) is 0 Å². The average Bonchev–Trinajstić information content (AvgIpc) is 2.74. The summed E-state index contributed by atoms with van der Waals surface area (Å²) in [7, 11) is 0. The second-order valence-electron chi connectivity index (χ2n) is 4.21. The highest BCUT2D eigenvalue weighted by Gasteiger charge is 2.24. The van der Waals surface area contributed by atoms with E-state index in [1.54, 1.807) is 0 Å². The number of aryl methyl sites for hydroxylation is 1. The molecule has 0 fully saturated rings. The molecule has 0 saturated heterocycles. The number of benzene rings is 1. The summed E-state index contributed by atoms with van der Waals surface area (Å²) in [6.07, 6.45) is 2.47. The number of aromatic nitrogens is 2. The summed E-state index contributed by atoms with van der Waals surface area (Å²) >= 11 is 3.44. The molecule has 1 heterocycles. The van der Waals surface area contributed by atoms with Crippen molar-refractivity contribution in [2.24, 2.45) is 0 Å². The molecule has 0 aliphatic heterocycles. The predicted molar refractivity (Wildman–Crippen MR) is 69.0 cm³/mol. The van der Waals surface area contributed by atoms with Gasteiger partial charge in [0.15, 0.2) is 5.78 Å². The molecule has 0 saturated carbocycles. The molecule has 1 aromatic heterocycles. The molecule has 0 bridgehead atoms. The Morgan fingerprint density at radius 1 is 1.29 bits per heavy atom. The van der Waals surface area contributed by atoms with E-state index >= 15 is 0 Å². The summed E-state index contributed by atoms with van der Waals surface area (Å²) in [6, 6.07) is 7.87. The van der Waals surface area contributed by atoms with Gasteiger partial charge in [-0.3, -0.25) is 9.89 Å². The lowest BCUT2D eigenvalue weighted by Crippen LogP contribution is -2.09. The fourth-order valence-electron chi connectivity index (χ4n) is 2.25. The number of halogens is 1. The van der Waals surface area contributed by atoms with Gasteiger partial charge in [0.25, 0.3) is 0 Å². The smallest absolute Gasteiger partial charge is 0.166 e. The van der Waals surface area contributed by atoms with Crippen LogP contribution in [0.4, 0.5) is 0 Å². The fourth-order valence-corrected chi connectivity index (χ4v) is 2.65. The van der Waals surface area contributed by atoms with E-state index in [0.717, 1.165) is 39.8 Å². The highest BCUT2D eigenvalue weighted by atomic mass is 79.9. The van der Waals surface area contributed by atoms with E-state index in [9.17, 15) is 4.79 Å². The second kappa shape index (κ2) is 4.11. The van der Waals surface area contributed by atoms with Gasteiger partial charge in [0.2, 0.25) is 0 Å². The highest BCUT2D eigenvalue weighted by molar-refractivity contribution is 9.10. The van der Waals surface area contributed by atoms with Gasteiger partial charge in [-0.2, -0.15) is 5.10 Å². The van der Waals surface area contributed by atoms with Crippen LogP contribution in [0.15, 0.2) is 28.7 Å².